The van der Waals surface area contributed by atoms with Gasteiger partial charge in [-0.3, -0.25) is 4.21 Å². The molecular formula is C17H26O2S. The molecule has 112 valence electrons. The molecule has 2 unspecified atom stereocenters. The Morgan fingerprint density at radius 1 is 0.800 bits per heavy atom. The highest BCUT2D eigenvalue weighted by molar-refractivity contribution is 7.86. The number of rotatable bonds is 1. The fourth-order valence-corrected chi connectivity index (χ4v) is 9.36. The van der Waals surface area contributed by atoms with Crippen molar-refractivity contribution in [2.24, 2.45) is 23.2 Å². The minimum atomic E-state index is -0.638. The van der Waals surface area contributed by atoms with Crippen molar-refractivity contribution >= 4 is 10.8 Å². The molecule has 0 aromatic rings. The van der Waals surface area contributed by atoms with Gasteiger partial charge in [0.25, 0.3) is 0 Å². The predicted octanol–water partition coefficient (Wildman–Crippen LogP) is 3.01. The highest BCUT2D eigenvalue weighted by Crippen LogP contribution is 2.66. The first kappa shape index (κ1) is 12.6. The summed E-state index contributed by atoms with van der Waals surface area (Å²) in [6, 6.07) is 0. The van der Waals surface area contributed by atoms with E-state index in [1.807, 2.05) is 0 Å². The summed E-state index contributed by atoms with van der Waals surface area (Å²) in [5.41, 5.74) is -0.254. The Hall–Kier alpha value is 0.110. The molecule has 6 aliphatic rings. The van der Waals surface area contributed by atoms with Crippen molar-refractivity contribution in [3.8, 4) is 0 Å². The molecule has 2 atom stereocenters. The van der Waals surface area contributed by atoms with Gasteiger partial charge in [-0.2, -0.15) is 0 Å². The van der Waals surface area contributed by atoms with Gasteiger partial charge in [-0.1, -0.05) is 0 Å². The number of hydrogen-bond acceptors (Lipinski definition) is 2. The third-order valence-corrected chi connectivity index (χ3v) is 9.74. The van der Waals surface area contributed by atoms with Crippen LogP contribution in [0.5, 0.6) is 0 Å². The fraction of sp³-hybridized carbons (Fsp3) is 1.00. The summed E-state index contributed by atoms with van der Waals surface area (Å²) in [6.45, 7) is 0. The second-order valence-corrected chi connectivity index (χ2v) is 10.8. The average molecular weight is 294 g/mol. The lowest BCUT2D eigenvalue weighted by Crippen LogP contribution is -2.61. The third kappa shape index (κ3) is 1.52. The predicted molar refractivity (Wildman–Crippen MR) is 79.7 cm³/mol. The highest BCUT2D eigenvalue weighted by atomic mass is 32.2. The van der Waals surface area contributed by atoms with Crippen molar-refractivity contribution in [3.05, 3.63) is 0 Å². The molecule has 0 radical (unpaired) electrons. The van der Waals surface area contributed by atoms with Crippen molar-refractivity contribution < 1.29 is 9.32 Å². The van der Waals surface area contributed by atoms with E-state index < -0.39 is 16.4 Å². The molecule has 2 heterocycles. The molecule has 1 N–H and O–H groups in total. The maximum Gasteiger partial charge on any atom is 0.0726 e. The molecule has 0 aromatic heterocycles. The van der Waals surface area contributed by atoms with Gasteiger partial charge >= 0.3 is 0 Å². The highest BCUT2D eigenvalue weighted by Gasteiger charge is 2.63. The second-order valence-electron chi connectivity index (χ2n) is 8.79. The average Bonchev–Trinajstić information content (AvgIpc) is 2.61. The van der Waals surface area contributed by atoms with Crippen molar-refractivity contribution in [3.63, 3.8) is 0 Å². The minimum absolute atomic E-state index is 0.215. The van der Waals surface area contributed by atoms with E-state index in [0.29, 0.717) is 10.5 Å². The van der Waals surface area contributed by atoms with Crippen molar-refractivity contribution in [1.82, 2.24) is 0 Å². The van der Waals surface area contributed by atoms with E-state index in [4.69, 9.17) is 0 Å². The van der Waals surface area contributed by atoms with Crippen LogP contribution in [0.3, 0.4) is 0 Å². The molecule has 6 fully saturated rings. The molecule has 2 nitrogen and oxygen atoms in total. The van der Waals surface area contributed by atoms with Crippen molar-refractivity contribution in [2.75, 3.05) is 0 Å². The number of fused-ring (bicyclic) bond motifs is 2. The second kappa shape index (κ2) is 3.90. The Kier molecular flexibility index (Phi) is 2.46. The summed E-state index contributed by atoms with van der Waals surface area (Å²) in [4.78, 5) is 0. The zero-order valence-corrected chi connectivity index (χ0v) is 13.0. The summed E-state index contributed by atoms with van der Waals surface area (Å²) >= 11 is 0. The zero-order valence-electron chi connectivity index (χ0n) is 12.2. The third-order valence-electron chi connectivity index (χ3n) is 7.62. The van der Waals surface area contributed by atoms with E-state index in [2.05, 4.69) is 0 Å². The van der Waals surface area contributed by atoms with E-state index in [1.54, 1.807) is 0 Å². The Morgan fingerprint density at radius 2 is 1.25 bits per heavy atom. The van der Waals surface area contributed by atoms with Crippen LogP contribution in [0.4, 0.5) is 0 Å². The quantitative estimate of drug-likeness (QED) is 0.807. The van der Waals surface area contributed by atoms with Gasteiger partial charge < -0.3 is 5.11 Å². The molecule has 0 amide bonds. The number of aliphatic hydroxyl groups is 1. The van der Waals surface area contributed by atoms with E-state index in [1.165, 1.54) is 38.5 Å². The van der Waals surface area contributed by atoms with Gasteiger partial charge in [0.2, 0.25) is 0 Å². The van der Waals surface area contributed by atoms with E-state index in [9.17, 15) is 9.32 Å². The Bertz CT molecular complexity index is 420. The number of hydrogen-bond donors (Lipinski definition) is 1. The molecule has 2 saturated heterocycles. The Labute approximate surface area is 124 Å². The van der Waals surface area contributed by atoms with Crippen LogP contribution in [0.15, 0.2) is 0 Å². The van der Waals surface area contributed by atoms with Gasteiger partial charge in [-0.25, -0.2) is 0 Å². The topological polar surface area (TPSA) is 37.3 Å². The maximum atomic E-state index is 12.3. The molecular weight excluding hydrogens is 268 g/mol. The Morgan fingerprint density at radius 3 is 1.70 bits per heavy atom. The van der Waals surface area contributed by atoms with Crippen molar-refractivity contribution in [2.45, 2.75) is 80.3 Å². The molecule has 3 heteroatoms. The van der Waals surface area contributed by atoms with Crippen molar-refractivity contribution in [1.29, 1.82) is 0 Å². The molecule has 0 aromatic carbocycles. The molecule has 6 bridgehead atoms. The van der Waals surface area contributed by atoms with Crippen LogP contribution >= 0.6 is 0 Å². The molecule has 20 heavy (non-hydrogen) atoms. The molecule has 4 aliphatic carbocycles. The van der Waals surface area contributed by atoms with Gasteiger partial charge in [0.1, 0.15) is 0 Å². The van der Waals surface area contributed by atoms with Crippen LogP contribution < -0.4 is 0 Å². The lowest BCUT2D eigenvalue weighted by atomic mass is 9.44. The van der Waals surface area contributed by atoms with Crippen LogP contribution in [0.1, 0.15) is 64.2 Å². The minimum Gasteiger partial charge on any atom is -0.389 e. The summed E-state index contributed by atoms with van der Waals surface area (Å²) < 4.78 is 12.3. The summed E-state index contributed by atoms with van der Waals surface area (Å²) in [7, 11) is -0.638. The normalized spacial score (nSPS) is 63.9. The molecule has 6 rings (SSSR count). The van der Waals surface area contributed by atoms with Crippen LogP contribution in [-0.2, 0) is 10.8 Å². The lowest BCUT2D eigenvalue weighted by Gasteiger charge is -2.63. The Balaban J connectivity index is 1.51. The van der Waals surface area contributed by atoms with Gasteiger partial charge in [-0.15, -0.1) is 0 Å². The van der Waals surface area contributed by atoms with Crippen LogP contribution in [0.2, 0.25) is 0 Å². The fourth-order valence-electron chi connectivity index (χ4n) is 7.19. The van der Waals surface area contributed by atoms with Gasteiger partial charge in [0.05, 0.1) is 5.60 Å². The largest absolute Gasteiger partial charge is 0.389 e. The van der Waals surface area contributed by atoms with Gasteiger partial charge in [0, 0.05) is 21.3 Å². The SMILES string of the molecule is O=S1C2CCC1CC(O)(C13CC4CC(CC(C4)C1)C3)C2. The summed E-state index contributed by atoms with van der Waals surface area (Å²) in [5, 5.41) is 12.2. The van der Waals surface area contributed by atoms with Gasteiger partial charge in [-0.05, 0) is 87.4 Å². The summed E-state index contributed by atoms with van der Waals surface area (Å²) in [5.74, 6) is 2.70. The first-order chi connectivity index (χ1) is 9.57. The molecule has 2 aliphatic heterocycles. The molecule has 4 saturated carbocycles. The first-order valence-corrected chi connectivity index (χ1v) is 9.96. The maximum absolute atomic E-state index is 12.3. The van der Waals surface area contributed by atoms with E-state index in [-0.39, 0.29) is 5.41 Å². The van der Waals surface area contributed by atoms with Crippen LogP contribution in [0, 0.1) is 23.2 Å². The molecule has 0 spiro atoms. The first-order valence-electron chi connectivity index (χ1n) is 8.69. The van der Waals surface area contributed by atoms with Gasteiger partial charge in [0.15, 0.2) is 0 Å². The van der Waals surface area contributed by atoms with E-state index >= 15 is 0 Å². The monoisotopic (exact) mass is 294 g/mol. The van der Waals surface area contributed by atoms with Crippen LogP contribution in [0.25, 0.3) is 0 Å². The lowest BCUT2D eigenvalue weighted by molar-refractivity contribution is -0.185. The standard InChI is InChI=1S/C17H26O2S/c18-17(9-14-1-2-15(10-17)20(14)19)16-6-11-3-12(7-16)5-13(4-11)8-16/h11-15,18H,1-10H2. The zero-order chi connectivity index (χ0) is 13.5. The van der Waals surface area contributed by atoms with E-state index in [0.717, 1.165) is 43.4 Å². The smallest absolute Gasteiger partial charge is 0.0726 e. The summed E-state index contributed by atoms with van der Waals surface area (Å²) in [6.07, 6.45) is 12.1. The van der Waals surface area contributed by atoms with Crippen LogP contribution in [-0.4, -0.2) is 25.4 Å².